The average molecular weight is 339 g/mol. The minimum Gasteiger partial charge on any atom is -0.342 e. The quantitative estimate of drug-likeness (QED) is 0.670. The SMILES string of the molecule is CS(=O)(=O)N(CC(=O)N1CCN(C=O)CC1)Cc1ccccc1. The first-order valence-corrected chi connectivity index (χ1v) is 9.21. The number of carbonyl (C=O) groups is 2. The van der Waals surface area contributed by atoms with Gasteiger partial charge in [0.15, 0.2) is 0 Å². The zero-order valence-corrected chi connectivity index (χ0v) is 13.9. The van der Waals surface area contributed by atoms with Crippen molar-refractivity contribution < 1.29 is 18.0 Å². The molecule has 2 rings (SSSR count). The molecule has 23 heavy (non-hydrogen) atoms. The molecule has 0 spiro atoms. The van der Waals surface area contributed by atoms with Crippen molar-refractivity contribution in [3.05, 3.63) is 35.9 Å². The van der Waals surface area contributed by atoms with E-state index >= 15 is 0 Å². The van der Waals surface area contributed by atoms with Gasteiger partial charge in [-0.05, 0) is 5.56 Å². The molecule has 0 aliphatic carbocycles. The Kier molecular flexibility index (Phi) is 5.73. The van der Waals surface area contributed by atoms with Gasteiger partial charge in [-0.3, -0.25) is 9.59 Å². The maximum atomic E-state index is 12.4. The van der Waals surface area contributed by atoms with E-state index in [0.29, 0.717) is 26.2 Å². The van der Waals surface area contributed by atoms with Crippen molar-refractivity contribution in [1.29, 1.82) is 0 Å². The molecule has 126 valence electrons. The highest BCUT2D eigenvalue weighted by molar-refractivity contribution is 7.88. The van der Waals surface area contributed by atoms with Crippen LogP contribution in [0.3, 0.4) is 0 Å². The molecule has 1 aliphatic rings. The molecule has 0 bridgehead atoms. The Bertz CT molecular complexity index is 640. The highest BCUT2D eigenvalue weighted by atomic mass is 32.2. The predicted molar refractivity (Wildman–Crippen MR) is 85.9 cm³/mol. The van der Waals surface area contributed by atoms with Crippen LogP contribution in [0.15, 0.2) is 30.3 Å². The second-order valence-electron chi connectivity index (χ2n) is 5.54. The normalized spacial score (nSPS) is 15.7. The van der Waals surface area contributed by atoms with Crippen molar-refractivity contribution in [3.8, 4) is 0 Å². The van der Waals surface area contributed by atoms with E-state index < -0.39 is 10.0 Å². The van der Waals surface area contributed by atoms with E-state index in [-0.39, 0.29) is 19.0 Å². The molecule has 1 aromatic rings. The Morgan fingerprint density at radius 3 is 2.30 bits per heavy atom. The largest absolute Gasteiger partial charge is 0.342 e. The second-order valence-corrected chi connectivity index (χ2v) is 7.52. The van der Waals surface area contributed by atoms with E-state index in [1.165, 1.54) is 4.31 Å². The van der Waals surface area contributed by atoms with Crippen molar-refractivity contribution in [2.75, 3.05) is 39.0 Å². The number of piperazine rings is 1. The Balaban J connectivity index is 2.01. The molecule has 7 nitrogen and oxygen atoms in total. The van der Waals surface area contributed by atoms with Gasteiger partial charge in [0.25, 0.3) is 0 Å². The highest BCUT2D eigenvalue weighted by Gasteiger charge is 2.25. The van der Waals surface area contributed by atoms with Gasteiger partial charge in [0.05, 0.1) is 12.8 Å². The molecule has 1 aromatic carbocycles. The van der Waals surface area contributed by atoms with Gasteiger partial charge in [0.2, 0.25) is 22.3 Å². The zero-order chi connectivity index (χ0) is 16.9. The smallest absolute Gasteiger partial charge is 0.238 e. The molecule has 1 aliphatic heterocycles. The molecule has 1 fully saturated rings. The fourth-order valence-corrected chi connectivity index (χ4v) is 3.13. The first kappa shape index (κ1) is 17.4. The summed E-state index contributed by atoms with van der Waals surface area (Å²) in [5.41, 5.74) is 0.830. The monoisotopic (exact) mass is 339 g/mol. The summed E-state index contributed by atoms with van der Waals surface area (Å²) in [5.74, 6) is -0.239. The summed E-state index contributed by atoms with van der Waals surface area (Å²) in [4.78, 5) is 26.2. The molecular formula is C15H21N3O4S. The van der Waals surface area contributed by atoms with Gasteiger partial charge in [-0.1, -0.05) is 30.3 Å². The maximum Gasteiger partial charge on any atom is 0.238 e. The third-order valence-corrected chi connectivity index (χ3v) is 4.99. The lowest BCUT2D eigenvalue weighted by molar-refractivity contribution is -0.135. The fourth-order valence-electron chi connectivity index (χ4n) is 2.41. The number of nitrogens with zero attached hydrogens (tertiary/aromatic N) is 3. The van der Waals surface area contributed by atoms with Crippen molar-refractivity contribution in [1.82, 2.24) is 14.1 Å². The molecule has 0 aromatic heterocycles. The van der Waals surface area contributed by atoms with Gasteiger partial charge in [-0.25, -0.2) is 8.42 Å². The van der Waals surface area contributed by atoms with Gasteiger partial charge in [-0.2, -0.15) is 4.31 Å². The highest BCUT2D eigenvalue weighted by Crippen LogP contribution is 2.10. The molecule has 0 radical (unpaired) electrons. The lowest BCUT2D eigenvalue weighted by Crippen LogP contribution is -2.51. The first-order chi connectivity index (χ1) is 10.9. The molecule has 1 heterocycles. The molecule has 0 N–H and O–H groups in total. The number of amides is 2. The third-order valence-electron chi connectivity index (χ3n) is 3.80. The minimum atomic E-state index is -3.49. The summed E-state index contributed by atoms with van der Waals surface area (Å²) in [5, 5.41) is 0. The summed E-state index contributed by atoms with van der Waals surface area (Å²) in [6.45, 7) is 1.80. The molecule has 2 amide bonds. The maximum absolute atomic E-state index is 12.4. The van der Waals surface area contributed by atoms with Gasteiger partial charge >= 0.3 is 0 Å². The lowest BCUT2D eigenvalue weighted by Gasteiger charge is -2.33. The summed E-state index contributed by atoms with van der Waals surface area (Å²) < 4.78 is 25.1. The van der Waals surface area contributed by atoms with Crippen molar-refractivity contribution >= 4 is 22.3 Å². The number of hydrogen-bond acceptors (Lipinski definition) is 4. The first-order valence-electron chi connectivity index (χ1n) is 7.36. The van der Waals surface area contributed by atoms with Gasteiger partial charge in [0.1, 0.15) is 0 Å². The minimum absolute atomic E-state index is 0.166. The lowest BCUT2D eigenvalue weighted by atomic mass is 10.2. The number of rotatable bonds is 6. The van der Waals surface area contributed by atoms with E-state index in [4.69, 9.17) is 0 Å². The van der Waals surface area contributed by atoms with Crippen LogP contribution >= 0.6 is 0 Å². The van der Waals surface area contributed by atoms with Gasteiger partial charge in [-0.15, -0.1) is 0 Å². The van der Waals surface area contributed by atoms with Crippen molar-refractivity contribution in [2.24, 2.45) is 0 Å². The van der Waals surface area contributed by atoms with Crippen LogP contribution in [0, 0.1) is 0 Å². The summed E-state index contributed by atoms with van der Waals surface area (Å²) in [6, 6.07) is 9.16. The number of carbonyl (C=O) groups excluding carboxylic acids is 2. The van der Waals surface area contributed by atoms with Crippen LogP contribution in [0.25, 0.3) is 0 Å². The molecule has 0 saturated carbocycles. The number of sulfonamides is 1. The zero-order valence-electron chi connectivity index (χ0n) is 13.1. The van der Waals surface area contributed by atoms with Crippen LogP contribution in [0.2, 0.25) is 0 Å². The van der Waals surface area contributed by atoms with Crippen LogP contribution < -0.4 is 0 Å². The van der Waals surface area contributed by atoms with E-state index in [9.17, 15) is 18.0 Å². The molecular weight excluding hydrogens is 318 g/mol. The summed E-state index contributed by atoms with van der Waals surface area (Å²) in [6.07, 6.45) is 1.87. The summed E-state index contributed by atoms with van der Waals surface area (Å²) in [7, 11) is -3.49. The van der Waals surface area contributed by atoms with Crippen LogP contribution in [0.4, 0.5) is 0 Å². The van der Waals surface area contributed by atoms with E-state index in [2.05, 4.69) is 0 Å². The summed E-state index contributed by atoms with van der Waals surface area (Å²) >= 11 is 0. The van der Waals surface area contributed by atoms with Crippen LogP contribution in [0.5, 0.6) is 0 Å². The molecule has 0 atom stereocenters. The topological polar surface area (TPSA) is 78.0 Å². The number of hydrogen-bond donors (Lipinski definition) is 0. The Labute approximate surface area is 136 Å². The Hall–Kier alpha value is -1.93. The van der Waals surface area contributed by atoms with Gasteiger partial charge in [0, 0.05) is 32.7 Å². The van der Waals surface area contributed by atoms with E-state index in [1.54, 1.807) is 9.80 Å². The van der Waals surface area contributed by atoms with Crippen molar-refractivity contribution in [2.45, 2.75) is 6.54 Å². The second kappa shape index (κ2) is 7.56. The van der Waals surface area contributed by atoms with E-state index in [1.807, 2.05) is 30.3 Å². The molecule has 0 unspecified atom stereocenters. The van der Waals surface area contributed by atoms with Crippen molar-refractivity contribution in [3.63, 3.8) is 0 Å². The average Bonchev–Trinajstić information content (AvgIpc) is 2.54. The van der Waals surface area contributed by atoms with Crippen LogP contribution in [-0.2, 0) is 26.2 Å². The van der Waals surface area contributed by atoms with Crippen LogP contribution in [-0.4, -0.2) is 73.8 Å². The Morgan fingerprint density at radius 1 is 1.17 bits per heavy atom. The predicted octanol–water partition coefficient (Wildman–Crippen LogP) is -0.251. The van der Waals surface area contributed by atoms with Gasteiger partial charge < -0.3 is 9.80 Å². The third kappa shape index (κ3) is 5.04. The molecule has 1 saturated heterocycles. The van der Waals surface area contributed by atoms with E-state index in [0.717, 1.165) is 18.2 Å². The number of benzene rings is 1. The fraction of sp³-hybridized carbons (Fsp3) is 0.467. The Morgan fingerprint density at radius 2 is 1.78 bits per heavy atom. The van der Waals surface area contributed by atoms with Crippen LogP contribution in [0.1, 0.15) is 5.56 Å². The molecule has 8 heteroatoms. The standard InChI is InChI=1S/C15H21N3O4S/c1-23(21,22)18(11-14-5-3-2-4-6-14)12-15(20)17-9-7-16(13-19)8-10-17/h2-6,13H,7-12H2,1H3.